The van der Waals surface area contributed by atoms with Gasteiger partial charge in [-0.25, -0.2) is 4.39 Å². The predicted octanol–water partition coefficient (Wildman–Crippen LogP) is 3.48. The molecule has 0 aliphatic heterocycles. The third-order valence-electron chi connectivity index (χ3n) is 2.73. The lowest BCUT2D eigenvalue weighted by Crippen LogP contribution is -1.98. The van der Waals surface area contributed by atoms with Gasteiger partial charge in [-0.3, -0.25) is 4.79 Å². The molecular formula is C16H12FNO2. The zero-order valence-corrected chi connectivity index (χ0v) is 10.9. The minimum Gasteiger partial charge on any atom is -0.489 e. The molecule has 0 aromatic heterocycles. The fourth-order valence-corrected chi connectivity index (χ4v) is 1.77. The van der Waals surface area contributed by atoms with Gasteiger partial charge < -0.3 is 4.74 Å². The van der Waals surface area contributed by atoms with Gasteiger partial charge in [-0.2, -0.15) is 5.26 Å². The number of ether oxygens (including phenoxy) is 1. The number of carbonyl (C=O) groups is 1. The molecule has 0 unspecified atom stereocenters. The van der Waals surface area contributed by atoms with Gasteiger partial charge in [-0.1, -0.05) is 12.1 Å². The summed E-state index contributed by atoms with van der Waals surface area (Å²) < 4.78 is 18.8. The highest BCUT2D eigenvalue weighted by Gasteiger charge is 2.04. The van der Waals surface area contributed by atoms with E-state index in [-0.39, 0.29) is 18.0 Å². The van der Waals surface area contributed by atoms with Crippen LogP contribution in [-0.4, -0.2) is 5.78 Å². The van der Waals surface area contributed by atoms with E-state index >= 15 is 0 Å². The fraction of sp³-hybridized carbons (Fsp3) is 0.125. The number of nitrogens with zero attached hydrogens (tertiary/aromatic N) is 1. The number of Topliss-reactive ketones (excluding diaryl/α,β-unsaturated/α-hetero) is 1. The zero-order valence-electron chi connectivity index (χ0n) is 10.9. The van der Waals surface area contributed by atoms with Crippen LogP contribution in [0.15, 0.2) is 42.5 Å². The van der Waals surface area contributed by atoms with Gasteiger partial charge in [0.1, 0.15) is 18.2 Å². The summed E-state index contributed by atoms with van der Waals surface area (Å²) in [4.78, 5) is 11.3. The Hall–Kier alpha value is -2.67. The van der Waals surface area contributed by atoms with Gasteiger partial charge >= 0.3 is 0 Å². The number of carbonyl (C=O) groups excluding carboxylic acids is 1. The summed E-state index contributed by atoms with van der Waals surface area (Å²) in [6, 6.07) is 12.7. The standard InChI is InChI=1S/C16H12FNO2/c1-11(19)14-3-2-4-16(8-14)20-10-13-5-12(9-18)6-15(17)7-13/h2-8H,10H2,1H3. The number of hydrogen-bond acceptors (Lipinski definition) is 3. The van der Waals surface area contributed by atoms with Crippen LogP contribution in [0.5, 0.6) is 5.75 Å². The van der Waals surface area contributed by atoms with E-state index in [0.717, 1.165) is 0 Å². The van der Waals surface area contributed by atoms with Gasteiger partial charge in [0.15, 0.2) is 5.78 Å². The van der Waals surface area contributed by atoms with E-state index in [9.17, 15) is 9.18 Å². The highest BCUT2D eigenvalue weighted by Crippen LogP contribution is 2.16. The van der Waals surface area contributed by atoms with E-state index < -0.39 is 5.82 Å². The van der Waals surface area contributed by atoms with Crippen LogP contribution < -0.4 is 4.74 Å². The summed E-state index contributed by atoms with van der Waals surface area (Å²) in [7, 11) is 0. The Kier molecular flexibility index (Phi) is 4.11. The second-order valence-electron chi connectivity index (χ2n) is 4.33. The van der Waals surface area contributed by atoms with E-state index in [1.165, 1.54) is 19.1 Å². The normalized spacial score (nSPS) is 9.85. The molecule has 0 saturated heterocycles. The van der Waals surface area contributed by atoms with E-state index in [1.54, 1.807) is 30.3 Å². The van der Waals surface area contributed by atoms with Crippen LogP contribution >= 0.6 is 0 Å². The van der Waals surface area contributed by atoms with Crippen molar-refractivity contribution in [1.29, 1.82) is 5.26 Å². The molecule has 3 nitrogen and oxygen atoms in total. The molecule has 0 spiro atoms. The molecule has 20 heavy (non-hydrogen) atoms. The largest absolute Gasteiger partial charge is 0.489 e. The van der Waals surface area contributed by atoms with Crippen molar-refractivity contribution >= 4 is 5.78 Å². The molecule has 2 aromatic rings. The third kappa shape index (κ3) is 3.42. The van der Waals surface area contributed by atoms with Crippen LogP contribution in [-0.2, 0) is 6.61 Å². The van der Waals surface area contributed by atoms with Gasteiger partial charge in [0.25, 0.3) is 0 Å². The van der Waals surface area contributed by atoms with Crippen LogP contribution in [0.2, 0.25) is 0 Å². The minimum atomic E-state index is -0.472. The second kappa shape index (κ2) is 5.98. The topological polar surface area (TPSA) is 50.1 Å². The summed E-state index contributed by atoms with van der Waals surface area (Å²) in [6.45, 7) is 1.61. The van der Waals surface area contributed by atoms with Crippen LogP contribution in [0, 0.1) is 17.1 Å². The van der Waals surface area contributed by atoms with E-state index in [2.05, 4.69) is 0 Å². The maximum atomic E-state index is 13.3. The van der Waals surface area contributed by atoms with Crippen molar-refractivity contribution in [2.75, 3.05) is 0 Å². The average Bonchev–Trinajstić information content (AvgIpc) is 2.44. The SMILES string of the molecule is CC(=O)c1cccc(OCc2cc(F)cc(C#N)c2)c1. The lowest BCUT2D eigenvalue weighted by Gasteiger charge is -2.07. The first-order valence-electron chi connectivity index (χ1n) is 6.02. The summed E-state index contributed by atoms with van der Waals surface area (Å²) in [5.74, 6) is 0.00794. The van der Waals surface area contributed by atoms with E-state index in [4.69, 9.17) is 10.00 Å². The van der Waals surface area contributed by atoms with Gasteiger partial charge in [0, 0.05) is 5.56 Å². The molecule has 0 bridgehead atoms. The Morgan fingerprint density at radius 1 is 1.30 bits per heavy atom. The smallest absolute Gasteiger partial charge is 0.159 e. The first kappa shape index (κ1) is 13.8. The Balaban J connectivity index is 2.13. The quantitative estimate of drug-likeness (QED) is 0.798. The van der Waals surface area contributed by atoms with Gasteiger partial charge in [0.2, 0.25) is 0 Å². The first-order valence-corrected chi connectivity index (χ1v) is 6.02. The summed E-state index contributed by atoms with van der Waals surface area (Å²) >= 11 is 0. The number of hydrogen-bond donors (Lipinski definition) is 0. The third-order valence-corrected chi connectivity index (χ3v) is 2.73. The fourth-order valence-electron chi connectivity index (χ4n) is 1.77. The Morgan fingerprint density at radius 2 is 2.10 bits per heavy atom. The molecular weight excluding hydrogens is 257 g/mol. The molecule has 0 aliphatic carbocycles. The number of rotatable bonds is 4. The molecule has 2 rings (SSSR count). The van der Waals surface area contributed by atoms with E-state index in [1.807, 2.05) is 6.07 Å². The lowest BCUT2D eigenvalue weighted by atomic mass is 10.1. The van der Waals surface area contributed by atoms with Gasteiger partial charge in [-0.05, 0) is 42.8 Å². The van der Waals surface area contributed by atoms with Crippen molar-refractivity contribution in [2.24, 2.45) is 0 Å². The summed E-state index contributed by atoms with van der Waals surface area (Å²) in [5, 5.41) is 8.77. The van der Waals surface area contributed by atoms with Crippen molar-refractivity contribution in [2.45, 2.75) is 13.5 Å². The van der Waals surface area contributed by atoms with Crippen molar-refractivity contribution < 1.29 is 13.9 Å². The van der Waals surface area contributed by atoms with Crippen LogP contribution in [0.4, 0.5) is 4.39 Å². The predicted molar refractivity (Wildman–Crippen MR) is 71.9 cm³/mol. The molecule has 0 fully saturated rings. The molecule has 0 saturated carbocycles. The second-order valence-corrected chi connectivity index (χ2v) is 4.33. The molecule has 2 aromatic carbocycles. The van der Waals surface area contributed by atoms with Crippen LogP contribution in [0.1, 0.15) is 28.4 Å². The first-order chi connectivity index (χ1) is 9.58. The van der Waals surface area contributed by atoms with Crippen molar-refractivity contribution in [3.8, 4) is 11.8 Å². The number of ketones is 1. The Labute approximate surface area is 116 Å². The lowest BCUT2D eigenvalue weighted by molar-refractivity contribution is 0.101. The van der Waals surface area contributed by atoms with Crippen LogP contribution in [0.25, 0.3) is 0 Å². The number of halogens is 1. The highest BCUT2D eigenvalue weighted by molar-refractivity contribution is 5.94. The molecule has 0 atom stereocenters. The summed E-state index contributed by atoms with van der Waals surface area (Å²) in [6.07, 6.45) is 0. The van der Waals surface area contributed by atoms with Crippen molar-refractivity contribution in [3.05, 3.63) is 65.0 Å². The molecule has 0 heterocycles. The summed E-state index contributed by atoms with van der Waals surface area (Å²) in [5.41, 5.74) is 1.37. The molecule has 0 radical (unpaired) electrons. The van der Waals surface area contributed by atoms with Crippen LogP contribution in [0.3, 0.4) is 0 Å². The zero-order chi connectivity index (χ0) is 14.5. The van der Waals surface area contributed by atoms with Crippen molar-refractivity contribution in [1.82, 2.24) is 0 Å². The highest BCUT2D eigenvalue weighted by atomic mass is 19.1. The van der Waals surface area contributed by atoms with Gasteiger partial charge in [0.05, 0.1) is 11.6 Å². The number of benzene rings is 2. The molecule has 0 N–H and O–H groups in total. The Bertz CT molecular complexity index is 689. The Morgan fingerprint density at radius 3 is 2.80 bits per heavy atom. The van der Waals surface area contributed by atoms with Crippen molar-refractivity contribution in [3.63, 3.8) is 0 Å². The maximum Gasteiger partial charge on any atom is 0.159 e. The molecule has 0 amide bonds. The molecule has 0 aliphatic rings. The van der Waals surface area contributed by atoms with E-state index in [0.29, 0.717) is 16.9 Å². The maximum absolute atomic E-state index is 13.3. The average molecular weight is 269 g/mol. The molecule has 100 valence electrons. The number of nitriles is 1. The minimum absolute atomic E-state index is 0.0482. The van der Waals surface area contributed by atoms with Gasteiger partial charge in [-0.15, -0.1) is 0 Å². The molecule has 4 heteroatoms. The monoisotopic (exact) mass is 269 g/mol.